The molecule has 5 heteroatoms. The smallest absolute Gasteiger partial charge is 0.129 e. The number of nitrogens with two attached hydrogens (primary N) is 1. The van der Waals surface area contributed by atoms with Crippen LogP contribution < -0.4 is 10.5 Å². The highest BCUT2D eigenvalue weighted by Crippen LogP contribution is 2.27. The zero-order valence-electron chi connectivity index (χ0n) is 13.8. The molecule has 4 rings (SSSR count). The molecule has 3 N–H and O–H groups in total. The van der Waals surface area contributed by atoms with E-state index in [4.69, 9.17) is 22.1 Å². The summed E-state index contributed by atoms with van der Waals surface area (Å²) in [5.41, 5.74) is 9.28. The third kappa shape index (κ3) is 3.55. The SMILES string of the molecule is Nc1cccc(Oc2ccc3c(/C=C/c4ccc(Cl)cc4)n[nH]c3c2)c1. The summed E-state index contributed by atoms with van der Waals surface area (Å²) in [6.45, 7) is 0. The van der Waals surface area contributed by atoms with Crippen LogP contribution in [0.15, 0.2) is 66.7 Å². The molecule has 0 aliphatic rings. The van der Waals surface area contributed by atoms with E-state index in [1.807, 2.05) is 72.8 Å². The Morgan fingerprint density at radius 3 is 2.54 bits per heavy atom. The molecule has 0 atom stereocenters. The highest BCUT2D eigenvalue weighted by Gasteiger charge is 2.05. The van der Waals surface area contributed by atoms with Crippen molar-refractivity contribution in [1.29, 1.82) is 0 Å². The number of nitrogen functional groups attached to an aromatic ring is 1. The van der Waals surface area contributed by atoms with Crippen molar-refractivity contribution >= 4 is 40.3 Å². The molecule has 26 heavy (non-hydrogen) atoms. The van der Waals surface area contributed by atoms with E-state index in [2.05, 4.69) is 10.2 Å². The first-order chi connectivity index (χ1) is 12.7. The molecule has 0 aliphatic heterocycles. The Bertz CT molecular complexity index is 1080. The number of nitrogens with zero attached hydrogens (tertiary/aromatic N) is 1. The maximum Gasteiger partial charge on any atom is 0.129 e. The van der Waals surface area contributed by atoms with E-state index in [-0.39, 0.29) is 0 Å². The first-order valence-corrected chi connectivity index (χ1v) is 8.50. The summed E-state index contributed by atoms with van der Waals surface area (Å²) in [5, 5.41) is 9.17. The first kappa shape index (κ1) is 16.2. The van der Waals surface area contributed by atoms with E-state index in [0.29, 0.717) is 11.4 Å². The molecule has 4 aromatic rings. The van der Waals surface area contributed by atoms with Crippen molar-refractivity contribution in [2.24, 2.45) is 0 Å². The fraction of sp³-hybridized carbons (Fsp3) is 0. The van der Waals surface area contributed by atoms with E-state index in [0.717, 1.165) is 32.9 Å². The maximum absolute atomic E-state index is 5.91. The molecule has 4 nitrogen and oxygen atoms in total. The largest absolute Gasteiger partial charge is 0.457 e. The van der Waals surface area contributed by atoms with Gasteiger partial charge >= 0.3 is 0 Å². The third-order valence-corrected chi connectivity index (χ3v) is 4.21. The van der Waals surface area contributed by atoms with Gasteiger partial charge < -0.3 is 10.5 Å². The Morgan fingerprint density at radius 2 is 1.73 bits per heavy atom. The van der Waals surface area contributed by atoms with Crippen LogP contribution in [0.1, 0.15) is 11.3 Å². The number of halogens is 1. The maximum atomic E-state index is 5.91. The molecule has 1 heterocycles. The zero-order valence-corrected chi connectivity index (χ0v) is 14.6. The minimum absolute atomic E-state index is 0.666. The van der Waals surface area contributed by atoms with Gasteiger partial charge in [-0.15, -0.1) is 0 Å². The number of aromatic nitrogens is 2. The summed E-state index contributed by atoms with van der Waals surface area (Å²) in [4.78, 5) is 0. The van der Waals surface area contributed by atoms with Gasteiger partial charge in [-0.3, -0.25) is 5.10 Å². The van der Waals surface area contributed by atoms with E-state index < -0.39 is 0 Å². The molecule has 0 fully saturated rings. The summed E-state index contributed by atoms with van der Waals surface area (Å²) in [6, 6.07) is 20.8. The van der Waals surface area contributed by atoms with Gasteiger partial charge in [0.2, 0.25) is 0 Å². The molecule has 0 saturated carbocycles. The summed E-state index contributed by atoms with van der Waals surface area (Å²) < 4.78 is 5.86. The van der Waals surface area contributed by atoms with Gasteiger partial charge in [0.1, 0.15) is 11.5 Å². The fourth-order valence-corrected chi connectivity index (χ4v) is 2.80. The van der Waals surface area contributed by atoms with Crippen molar-refractivity contribution in [3.05, 3.63) is 83.0 Å². The Kier molecular flexibility index (Phi) is 4.33. The van der Waals surface area contributed by atoms with Crippen molar-refractivity contribution in [1.82, 2.24) is 10.2 Å². The highest BCUT2D eigenvalue weighted by atomic mass is 35.5. The molecular formula is C21H16ClN3O. The number of aromatic amines is 1. The second kappa shape index (κ2) is 6.94. The van der Waals surface area contributed by atoms with Gasteiger partial charge in [-0.05, 0) is 48.0 Å². The van der Waals surface area contributed by atoms with Gasteiger partial charge in [0.05, 0.1) is 11.2 Å². The number of ether oxygens (including phenoxy) is 1. The van der Waals surface area contributed by atoms with Gasteiger partial charge in [-0.2, -0.15) is 5.10 Å². The minimum Gasteiger partial charge on any atom is -0.457 e. The Morgan fingerprint density at radius 1 is 0.923 bits per heavy atom. The molecule has 0 saturated heterocycles. The number of hydrogen-bond donors (Lipinski definition) is 2. The molecular weight excluding hydrogens is 346 g/mol. The molecule has 0 radical (unpaired) electrons. The predicted molar refractivity (Wildman–Crippen MR) is 107 cm³/mol. The molecule has 128 valence electrons. The number of fused-ring (bicyclic) bond motifs is 1. The number of nitrogens with one attached hydrogen (secondary N) is 1. The number of anilines is 1. The van der Waals surface area contributed by atoms with Crippen molar-refractivity contribution in [2.45, 2.75) is 0 Å². The molecule has 0 bridgehead atoms. The van der Waals surface area contributed by atoms with E-state index in [9.17, 15) is 0 Å². The zero-order chi connectivity index (χ0) is 17.9. The lowest BCUT2D eigenvalue weighted by atomic mass is 10.1. The van der Waals surface area contributed by atoms with E-state index >= 15 is 0 Å². The fourth-order valence-electron chi connectivity index (χ4n) is 2.67. The van der Waals surface area contributed by atoms with Crippen molar-refractivity contribution < 1.29 is 4.74 Å². The molecule has 3 aromatic carbocycles. The monoisotopic (exact) mass is 361 g/mol. The summed E-state index contributed by atoms with van der Waals surface area (Å²) in [7, 11) is 0. The predicted octanol–water partition coefficient (Wildman–Crippen LogP) is 5.76. The summed E-state index contributed by atoms with van der Waals surface area (Å²) >= 11 is 5.91. The Balaban J connectivity index is 1.58. The third-order valence-electron chi connectivity index (χ3n) is 3.96. The Labute approximate surface area is 155 Å². The first-order valence-electron chi connectivity index (χ1n) is 8.12. The van der Waals surface area contributed by atoms with Gasteiger partial charge in [-0.25, -0.2) is 0 Å². The van der Waals surface area contributed by atoms with E-state index in [1.165, 1.54) is 0 Å². The topological polar surface area (TPSA) is 63.9 Å². The normalized spacial score (nSPS) is 11.3. The van der Waals surface area contributed by atoms with E-state index in [1.54, 1.807) is 6.07 Å². The van der Waals surface area contributed by atoms with Gasteiger partial charge in [0.25, 0.3) is 0 Å². The standard InChI is InChI=1S/C21H16ClN3O/c22-15-7-4-14(5-8-15)6-11-20-19-10-9-18(13-21(19)25-24-20)26-17-3-1-2-16(23)12-17/h1-13H,23H2,(H,24,25)/b11-6+. The number of H-pyrrole nitrogens is 1. The number of rotatable bonds is 4. The summed E-state index contributed by atoms with van der Waals surface area (Å²) in [5.74, 6) is 1.42. The number of benzene rings is 3. The lowest BCUT2D eigenvalue weighted by Gasteiger charge is -2.06. The lowest BCUT2D eigenvalue weighted by Crippen LogP contribution is -1.87. The van der Waals surface area contributed by atoms with Crippen LogP contribution in [0.2, 0.25) is 5.02 Å². The van der Waals surface area contributed by atoms with Gasteiger partial charge in [-0.1, -0.05) is 35.9 Å². The van der Waals surface area contributed by atoms with Crippen LogP contribution in [-0.2, 0) is 0 Å². The second-order valence-electron chi connectivity index (χ2n) is 5.88. The van der Waals surface area contributed by atoms with Crippen LogP contribution in [0.25, 0.3) is 23.1 Å². The quantitative estimate of drug-likeness (QED) is 0.454. The minimum atomic E-state index is 0.666. The van der Waals surface area contributed by atoms with Crippen LogP contribution in [0.5, 0.6) is 11.5 Å². The van der Waals surface area contributed by atoms with Crippen LogP contribution >= 0.6 is 11.6 Å². The highest BCUT2D eigenvalue weighted by molar-refractivity contribution is 6.30. The van der Waals surface area contributed by atoms with Crippen LogP contribution in [0.3, 0.4) is 0 Å². The summed E-state index contributed by atoms with van der Waals surface area (Å²) in [6.07, 6.45) is 3.98. The van der Waals surface area contributed by atoms with Gasteiger partial charge in [0, 0.05) is 28.2 Å². The molecule has 0 spiro atoms. The molecule has 0 aliphatic carbocycles. The Hall–Kier alpha value is -3.24. The second-order valence-corrected chi connectivity index (χ2v) is 6.31. The molecule has 1 aromatic heterocycles. The average molecular weight is 362 g/mol. The lowest BCUT2D eigenvalue weighted by molar-refractivity contribution is 0.483. The van der Waals surface area contributed by atoms with Crippen molar-refractivity contribution in [2.75, 3.05) is 5.73 Å². The molecule has 0 unspecified atom stereocenters. The average Bonchev–Trinajstić information content (AvgIpc) is 3.04. The number of hydrogen-bond acceptors (Lipinski definition) is 3. The molecule has 0 amide bonds. The van der Waals surface area contributed by atoms with Crippen LogP contribution in [-0.4, -0.2) is 10.2 Å². The van der Waals surface area contributed by atoms with Gasteiger partial charge in [0.15, 0.2) is 0 Å². The van der Waals surface area contributed by atoms with Crippen molar-refractivity contribution in [3.63, 3.8) is 0 Å². The van der Waals surface area contributed by atoms with Crippen LogP contribution in [0, 0.1) is 0 Å². The van der Waals surface area contributed by atoms with Crippen molar-refractivity contribution in [3.8, 4) is 11.5 Å². The van der Waals surface area contributed by atoms with Crippen LogP contribution in [0.4, 0.5) is 5.69 Å².